The van der Waals surface area contributed by atoms with Gasteiger partial charge in [-0.15, -0.1) is 0 Å². The highest BCUT2D eigenvalue weighted by atomic mass is 35.5. The van der Waals surface area contributed by atoms with Gasteiger partial charge in [0.2, 0.25) is 5.91 Å². The van der Waals surface area contributed by atoms with Gasteiger partial charge in [0.15, 0.2) is 11.5 Å². The van der Waals surface area contributed by atoms with Gasteiger partial charge in [-0.1, -0.05) is 50.6 Å². The van der Waals surface area contributed by atoms with Gasteiger partial charge in [-0.25, -0.2) is 10.2 Å². The summed E-state index contributed by atoms with van der Waals surface area (Å²) >= 11 is 5.86. The maximum Gasteiger partial charge on any atom is 0.343 e. The Bertz CT molecular complexity index is 897. The molecule has 7 heteroatoms. The van der Waals surface area contributed by atoms with E-state index in [0.29, 0.717) is 40.7 Å². The summed E-state index contributed by atoms with van der Waals surface area (Å²) in [5.74, 6) is 0.106. The Morgan fingerprint density at radius 1 is 0.969 bits per heavy atom. The van der Waals surface area contributed by atoms with E-state index in [-0.39, 0.29) is 5.91 Å². The summed E-state index contributed by atoms with van der Waals surface area (Å²) in [7, 11) is 0. The second-order valence-corrected chi connectivity index (χ2v) is 7.78. The summed E-state index contributed by atoms with van der Waals surface area (Å²) in [6.07, 6.45) is 8.78. The summed E-state index contributed by atoms with van der Waals surface area (Å²) in [5, 5.41) is 4.56. The minimum atomic E-state index is -0.508. The summed E-state index contributed by atoms with van der Waals surface area (Å²) in [6.45, 7) is 4.43. The number of carbonyl (C=O) groups is 2. The van der Waals surface area contributed by atoms with Crippen LogP contribution >= 0.6 is 11.6 Å². The van der Waals surface area contributed by atoms with E-state index in [0.717, 1.165) is 12.8 Å². The first-order valence-electron chi connectivity index (χ1n) is 11.1. The number of ether oxygens (including phenoxy) is 2. The van der Waals surface area contributed by atoms with E-state index < -0.39 is 5.97 Å². The van der Waals surface area contributed by atoms with Crippen molar-refractivity contribution in [1.29, 1.82) is 0 Å². The van der Waals surface area contributed by atoms with Crippen molar-refractivity contribution in [1.82, 2.24) is 5.43 Å². The van der Waals surface area contributed by atoms with Crippen molar-refractivity contribution in [2.75, 3.05) is 6.61 Å². The number of unbranched alkanes of at least 4 members (excludes halogenated alkanes) is 5. The minimum absolute atomic E-state index is 0.102. The van der Waals surface area contributed by atoms with Crippen molar-refractivity contribution >= 4 is 29.7 Å². The van der Waals surface area contributed by atoms with Crippen LogP contribution in [0.15, 0.2) is 47.6 Å². The highest BCUT2D eigenvalue weighted by molar-refractivity contribution is 6.30. The third kappa shape index (κ3) is 9.10. The van der Waals surface area contributed by atoms with Crippen molar-refractivity contribution < 1.29 is 19.1 Å². The standard InChI is InChI=1S/C25H31ClN2O4/c1-3-5-6-7-8-9-10-24(29)28-27-18-19-11-16-22(23(17-19)31-4-2)32-25(30)20-12-14-21(26)15-13-20/h11-18H,3-10H2,1-2H3,(H,28,29)/b27-18+. The third-order valence-corrected chi connectivity index (χ3v) is 4.96. The van der Waals surface area contributed by atoms with E-state index in [1.807, 2.05) is 6.92 Å². The van der Waals surface area contributed by atoms with E-state index in [2.05, 4.69) is 17.5 Å². The number of halogens is 1. The molecule has 0 bridgehead atoms. The second kappa shape index (κ2) is 14.2. The van der Waals surface area contributed by atoms with Gasteiger partial charge in [-0.3, -0.25) is 4.79 Å². The van der Waals surface area contributed by atoms with Gasteiger partial charge < -0.3 is 9.47 Å². The van der Waals surface area contributed by atoms with Gasteiger partial charge in [-0.2, -0.15) is 5.10 Å². The van der Waals surface area contributed by atoms with Crippen molar-refractivity contribution in [2.24, 2.45) is 5.10 Å². The SMILES string of the molecule is CCCCCCCCC(=O)N/N=C/c1ccc(OC(=O)c2ccc(Cl)cc2)c(OCC)c1. The molecule has 0 fully saturated rings. The van der Waals surface area contributed by atoms with Crippen LogP contribution in [0.25, 0.3) is 0 Å². The zero-order valence-corrected chi connectivity index (χ0v) is 19.5. The molecule has 1 N–H and O–H groups in total. The van der Waals surface area contributed by atoms with Gasteiger partial charge in [0.1, 0.15) is 0 Å². The Kier molecular flexibility index (Phi) is 11.3. The maximum atomic E-state index is 12.4. The fourth-order valence-electron chi connectivity index (χ4n) is 3.00. The molecule has 6 nitrogen and oxygen atoms in total. The van der Waals surface area contributed by atoms with Gasteiger partial charge in [0.25, 0.3) is 0 Å². The number of benzene rings is 2. The predicted octanol–water partition coefficient (Wildman–Crippen LogP) is 6.16. The number of esters is 1. The average molecular weight is 459 g/mol. The zero-order chi connectivity index (χ0) is 23.2. The fourth-order valence-corrected chi connectivity index (χ4v) is 3.13. The molecule has 0 spiro atoms. The van der Waals surface area contributed by atoms with E-state index in [9.17, 15) is 9.59 Å². The van der Waals surface area contributed by atoms with Crippen molar-refractivity contribution in [3.05, 3.63) is 58.6 Å². The number of hydrogen-bond acceptors (Lipinski definition) is 5. The van der Waals surface area contributed by atoms with Crippen LogP contribution in [0.2, 0.25) is 5.02 Å². The van der Waals surface area contributed by atoms with Crippen LogP contribution in [0.1, 0.15) is 74.7 Å². The molecule has 172 valence electrons. The Morgan fingerprint density at radius 2 is 1.69 bits per heavy atom. The van der Waals surface area contributed by atoms with Crippen LogP contribution in [-0.4, -0.2) is 24.7 Å². The van der Waals surface area contributed by atoms with Crippen LogP contribution in [0.4, 0.5) is 0 Å². The van der Waals surface area contributed by atoms with Gasteiger partial charge >= 0.3 is 5.97 Å². The molecule has 0 heterocycles. The summed E-state index contributed by atoms with van der Waals surface area (Å²) in [6, 6.07) is 11.5. The molecule has 0 unspecified atom stereocenters. The van der Waals surface area contributed by atoms with Crippen LogP contribution in [-0.2, 0) is 4.79 Å². The van der Waals surface area contributed by atoms with Gasteiger partial charge in [0.05, 0.1) is 18.4 Å². The first-order chi connectivity index (χ1) is 15.5. The molecule has 2 aromatic carbocycles. The normalized spacial score (nSPS) is 10.8. The molecule has 0 saturated carbocycles. The Labute approximate surface area is 195 Å². The maximum absolute atomic E-state index is 12.4. The molecule has 2 aromatic rings. The second-order valence-electron chi connectivity index (χ2n) is 7.35. The van der Waals surface area contributed by atoms with Crippen LogP contribution < -0.4 is 14.9 Å². The van der Waals surface area contributed by atoms with Crippen LogP contribution in [0, 0.1) is 0 Å². The highest BCUT2D eigenvalue weighted by Gasteiger charge is 2.13. The molecule has 0 atom stereocenters. The van der Waals surface area contributed by atoms with Crippen LogP contribution in [0.3, 0.4) is 0 Å². The zero-order valence-electron chi connectivity index (χ0n) is 18.7. The van der Waals surface area contributed by atoms with E-state index in [1.165, 1.54) is 31.9 Å². The lowest BCUT2D eigenvalue weighted by molar-refractivity contribution is -0.121. The molecule has 0 radical (unpaired) electrons. The lowest BCUT2D eigenvalue weighted by atomic mass is 10.1. The predicted molar refractivity (Wildman–Crippen MR) is 128 cm³/mol. The molecular formula is C25H31ClN2O4. The lowest BCUT2D eigenvalue weighted by Gasteiger charge is -2.11. The van der Waals surface area contributed by atoms with Crippen molar-refractivity contribution in [3.8, 4) is 11.5 Å². The number of amides is 1. The molecule has 0 aliphatic carbocycles. The van der Waals surface area contributed by atoms with E-state index in [1.54, 1.807) is 42.5 Å². The monoisotopic (exact) mass is 458 g/mol. The molecule has 0 aromatic heterocycles. The molecule has 1 amide bonds. The third-order valence-electron chi connectivity index (χ3n) is 4.71. The molecule has 2 rings (SSSR count). The van der Waals surface area contributed by atoms with Crippen molar-refractivity contribution in [2.45, 2.75) is 58.8 Å². The fraction of sp³-hybridized carbons (Fsp3) is 0.400. The average Bonchev–Trinajstić information content (AvgIpc) is 2.78. The summed E-state index contributed by atoms with van der Waals surface area (Å²) in [5.41, 5.74) is 3.64. The van der Waals surface area contributed by atoms with Crippen LogP contribution in [0.5, 0.6) is 11.5 Å². The van der Waals surface area contributed by atoms with E-state index >= 15 is 0 Å². The molecule has 0 saturated heterocycles. The van der Waals surface area contributed by atoms with Gasteiger partial charge in [-0.05, 0) is 61.4 Å². The number of hydrazone groups is 1. The largest absolute Gasteiger partial charge is 0.490 e. The number of rotatable bonds is 13. The number of nitrogens with zero attached hydrogens (tertiary/aromatic N) is 1. The Morgan fingerprint density at radius 3 is 2.41 bits per heavy atom. The van der Waals surface area contributed by atoms with Crippen molar-refractivity contribution in [3.63, 3.8) is 0 Å². The first-order valence-corrected chi connectivity index (χ1v) is 11.5. The molecular weight excluding hydrogens is 428 g/mol. The Hall–Kier alpha value is -2.86. The first kappa shape index (κ1) is 25.4. The smallest absolute Gasteiger partial charge is 0.343 e. The minimum Gasteiger partial charge on any atom is -0.490 e. The lowest BCUT2D eigenvalue weighted by Crippen LogP contribution is -2.16. The summed E-state index contributed by atoms with van der Waals surface area (Å²) in [4.78, 5) is 24.3. The molecule has 0 aliphatic heterocycles. The summed E-state index contributed by atoms with van der Waals surface area (Å²) < 4.78 is 11.1. The van der Waals surface area contributed by atoms with E-state index in [4.69, 9.17) is 21.1 Å². The highest BCUT2D eigenvalue weighted by Crippen LogP contribution is 2.29. The molecule has 0 aliphatic rings. The quantitative estimate of drug-likeness (QED) is 0.128. The Balaban J connectivity index is 1.90. The number of carbonyl (C=O) groups excluding carboxylic acids is 2. The number of nitrogens with one attached hydrogen (secondary N) is 1. The van der Waals surface area contributed by atoms with Gasteiger partial charge in [0, 0.05) is 11.4 Å². The molecule has 32 heavy (non-hydrogen) atoms. The number of hydrogen-bond donors (Lipinski definition) is 1. The topological polar surface area (TPSA) is 77.0 Å².